The van der Waals surface area contributed by atoms with E-state index in [0.717, 1.165) is 32.6 Å². The molecule has 0 bridgehead atoms. The molecule has 4 aromatic rings. The first kappa shape index (κ1) is 15.6. The molecule has 0 amide bonds. The number of hydrogen-bond acceptors (Lipinski definition) is 5. The second-order valence-electron chi connectivity index (χ2n) is 5.49. The van der Waals surface area contributed by atoms with E-state index in [1.165, 1.54) is 4.88 Å². The van der Waals surface area contributed by atoms with E-state index in [1.807, 2.05) is 29.6 Å². The van der Waals surface area contributed by atoms with Crippen LogP contribution >= 0.6 is 34.3 Å². The van der Waals surface area contributed by atoms with Gasteiger partial charge in [0, 0.05) is 11.3 Å². The minimum absolute atomic E-state index is 0.282. The topological polar surface area (TPSA) is 46.0 Å². The van der Waals surface area contributed by atoms with Crippen LogP contribution in [0.4, 0.5) is 0 Å². The first-order valence-corrected chi connectivity index (χ1v) is 9.46. The number of halogens is 1. The van der Waals surface area contributed by atoms with Crippen molar-refractivity contribution in [1.29, 1.82) is 0 Å². The monoisotopic (exact) mass is 372 g/mol. The van der Waals surface area contributed by atoms with Gasteiger partial charge in [-0.3, -0.25) is 0 Å². The quantitative estimate of drug-likeness (QED) is 0.471. The van der Waals surface area contributed by atoms with Gasteiger partial charge in [-0.25, -0.2) is 9.97 Å². The number of fused-ring (bicyclic) bond motifs is 1. The Hall–Kier alpha value is -1.95. The predicted octanol–water partition coefficient (Wildman–Crippen LogP) is 5.68. The van der Waals surface area contributed by atoms with Crippen molar-refractivity contribution in [2.75, 3.05) is 0 Å². The molecule has 0 unspecified atom stereocenters. The zero-order valence-corrected chi connectivity index (χ0v) is 15.2. The molecule has 0 saturated carbocycles. The van der Waals surface area contributed by atoms with Gasteiger partial charge in [-0.2, -0.15) is 0 Å². The highest BCUT2D eigenvalue weighted by atomic mass is 35.5. The van der Waals surface area contributed by atoms with Crippen LogP contribution in [0, 0.1) is 6.92 Å². The lowest BCUT2D eigenvalue weighted by atomic mass is 10.1. The van der Waals surface area contributed by atoms with Crippen molar-refractivity contribution in [1.82, 2.24) is 9.97 Å². The maximum atomic E-state index is 9.65. The molecule has 1 N–H and O–H groups in total. The fraction of sp³-hybridized carbons (Fsp3) is 0.111. The Labute approximate surface area is 152 Å². The summed E-state index contributed by atoms with van der Waals surface area (Å²) < 4.78 is 0. The van der Waals surface area contributed by atoms with E-state index in [9.17, 15) is 5.11 Å². The maximum Gasteiger partial charge on any atom is 0.172 e. The minimum atomic E-state index is 0.282. The largest absolute Gasteiger partial charge is 0.508 e. The van der Waals surface area contributed by atoms with Gasteiger partial charge in [0.25, 0.3) is 0 Å². The van der Waals surface area contributed by atoms with Crippen LogP contribution in [0.25, 0.3) is 20.9 Å². The second-order valence-corrected chi connectivity index (χ2v) is 7.88. The summed E-state index contributed by atoms with van der Waals surface area (Å²) in [5, 5.41) is 13.1. The number of hydrogen-bond donors (Lipinski definition) is 1. The van der Waals surface area contributed by atoms with E-state index in [0.29, 0.717) is 11.0 Å². The van der Waals surface area contributed by atoms with Gasteiger partial charge in [0.15, 0.2) is 5.82 Å². The van der Waals surface area contributed by atoms with Crippen molar-refractivity contribution < 1.29 is 5.11 Å². The van der Waals surface area contributed by atoms with Crippen molar-refractivity contribution in [2.24, 2.45) is 0 Å². The first-order valence-electron chi connectivity index (χ1n) is 7.39. The van der Waals surface area contributed by atoms with E-state index in [2.05, 4.69) is 11.9 Å². The van der Waals surface area contributed by atoms with Gasteiger partial charge >= 0.3 is 0 Å². The molecule has 0 aliphatic rings. The summed E-state index contributed by atoms with van der Waals surface area (Å²) in [7, 11) is 0. The highest BCUT2D eigenvalue weighted by molar-refractivity contribution is 7.19. The summed E-state index contributed by atoms with van der Waals surface area (Å²) in [6, 6.07) is 11.3. The molecule has 0 aliphatic carbocycles. The number of phenols is 1. The molecule has 6 heteroatoms. The molecule has 0 radical (unpaired) electrons. The number of nitrogens with zero attached hydrogens (tertiary/aromatic N) is 2. The number of aryl methyl sites for hydroxylation is 1. The maximum absolute atomic E-state index is 9.65. The molecule has 0 spiro atoms. The molecule has 4 rings (SSSR count). The number of benzene rings is 1. The smallest absolute Gasteiger partial charge is 0.172 e. The molecule has 0 fully saturated rings. The molecule has 3 nitrogen and oxygen atoms in total. The van der Waals surface area contributed by atoms with E-state index in [1.54, 1.807) is 34.8 Å². The summed E-state index contributed by atoms with van der Waals surface area (Å²) in [6.45, 7) is 2.05. The van der Waals surface area contributed by atoms with E-state index in [4.69, 9.17) is 16.6 Å². The number of rotatable bonds is 3. The Bertz CT molecular complexity index is 1030. The van der Waals surface area contributed by atoms with Crippen LogP contribution in [-0.4, -0.2) is 15.1 Å². The molecule has 0 aliphatic heterocycles. The first-order chi connectivity index (χ1) is 11.6. The average molecular weight is 373 g/mol. The Morgan fingerprint density at radius 2 is 2.04 bits per heavy atom. The third-order valence-corrected chi connectivity index (χ3v) is 6.19. The zero-order chi connectivity index (χ0) is 16.7. The van der Waals surface area contributed by atoms with Crippen LogP contribution in [-0.2, 0) is 6.42 Å². The zero-order valence-electron chi connectivity index (χ0n) is 12.8. The predicted molar refractivity (Wildman–Crippen MR) is 101 cm³/mol. The highest BCUT2D eigenvalue weighted by Crippen LogP contribution is 2.37. The summed E-state index contributed by atoms with van der Waals surface area (Å²) in [5.74, 6) is 0.955. The fourth-order valence-electron chi connectivity index (χ4n) is 2.67. The Kier molecular flexibility index (Phi) is 4.00. The lowest BCUT2D eigenvalue weighted by Crippen LogP contribution is -1.89. The molecule has 0 atom stereocenters. The van der Waals surface area contributed by atoms with Crippen LogP contribution in [0.3, 0.4) is 0 Å². The standard InChI is InChI=1S/C18H13ClN2OS2/c1-10-14(9-11-4-2-5-12(22)8-11)24-18-15(10)16(19)20-17(21-18)13-6-3-7-23-13/h2-8,22H,9H2,1H3. The molecular weight excluding hydrogens is 360 g/mol. The van der Waals surface area contributed by atoms with Gasteiger partial charge in [0.1, 0.15) is 15.7 Å². The molecule has 24 heavy (non-hydrogen) atoms. The number of phenolic OH excluding ortho intramolecular Hbond substituents is 1. The summed E-state index contributed by atoms with van der Waals surface area (Å²) >= 11 is 9.69. The van der Waals surface area contributed by atoms with Gasteiger partial charge in [-0.15, -0.1) is 22.7 Å². The molecule has 0 saturated heterocycles. The second kappa shape index (κ2) is 6.16. The van der Waals surface area contributed by atoms with Gasteiger partial charge in [0.05, 0.1) is 10.3 Å². The number of aromatic nitrogens is 2. The van der Waals surface area contributed by atoms with Gasteiger partial charge in [-0.05, 0) is 41.6 Å². The number of thiophene rings is 2. The van der Waals surface area contributed by atoms with Gasteiger partial charge < -0.3 is 5.11 Å². The normalized spacial score (nSPS) is 11.2. The van der Waals surface area contributed by atoms with E-state index < -0.39 is 0 Å². The van der Waals surface area contributed by atoms with Gasteiger partial charge in [-0.1, -0.05) is 29.8 Å². The summed E-state index contributed by atoms with van der Waals surface area (Å²) in [6.07, 6.45) is 0.742. The Morgan fingerprint density at radius 3 is 2.79 bits per heavy atom. The minimum Gasteiger partial charge on any atom is -0.508 e. The van der Waals surface area contributed by atoms with Crippen molar-refractivity contribution in [2.45, 2.75) is 13.3 Å². The van der Waals surface area contributed by atoms with Crippen LogP contribution < -0.4 is 0 Å². The molecule has 3 heterocycles. The van der Waals surface area contributed by atoms with Crippen molar-refractivity contribution in [3.63, 3.8) is 0 Å². The van der Waals surface area contributed by atoms with Gasteiger partial charge in [0.2, 0.25) is 0 Å². The lowest BCUT2D eigenvalue weighted by molar-refractivity contribution is 0.474. The average Bonchev–Trinajstić information content (AvgIpc) is 3.17. The highest BCUT2D eigenvalue weighted by Gasteiger charge is 2.16. The van der Waals surface area contributed by atoms with Crippen LogP contribution in [0.2, 0.25) is 5.15 Å². The molecule has 120 valence electrons. The fourth-order valence-corrected chi connectivity index (χ4v) is 4.91. The van der Waals surface area contributed by atoms with Crippen LogP contribution in [0.1, 0.15) is 16.0 Å². The third-order valence-electron chi connectivity index (χ3n) is 3.86. The molecular formula is C18H13ClN2OS2. The molecule has 1 aromatic carbocycles. The summed E-state index contributed by atoms with van der Waals surface area (Å²) in [5.41, 5.74) is 2.17. The Morgan fingerprint density at radius 1 is 1.17 bits per heavy atom. The molecule has 3 aromatic heterocycles. The van der Waals surface area contributed by atoms with Crippen LogP contribution in [0.5, 0.6) is 5.75 Å². The van der Waals surface area contributed by atoms with Crippen molar-refractivity contribution in [3.8, 4) is 16.5 Å². The van der Waals surface area contributed by atoms with Crippen molar-refractivity contribution >= 4 is 44.5 Å². The lowest BCUT2D eigenvalue weighted by Gasteiger charge is -2.02. The van der Waals surface area contributed by atoms with E-state index in [-0.39, 0.29) is 5.75 Å². The SMILES string of the molecule is Cc1c(Cc2cccc(O)c2)sc2nc(-c3cccs3)nc(Cl)c12. The number of aromatic hydroxyl groups is 1. The van der Waals surface area contributed by atoms with Crippen LogP contribution in [0.15, 0.2) is 41.8 Å². The van der Waals surface area contributed by atoms with Crippen molar-refractivity contribution in [3.05, 3.63) is 62.9 Å². The Balaban J connectivity index is 1.80. The van der Waals surface area contributed by atoms with E-state index >= 15 is 0 Å². The third kappa shape index (κ3) is 2.79. The summed E-state index contributed by atoms with van der Waals surface area (Å²) in [4.78, 5) is 12.3.